The zero-order valence-electron chi connectivity index (χ0n) is 12.6. The Morgan fingerprint density at radius 3 is 2.81 bits per heavy atom. The van der Waals surface area contributed by atoms with Gasteiger partial charge in [0.05, 0.1) is 37.5 Å². The van der Waals surface area contributed by atoms with Crippen molar-refractivity contribution in [3.8, 4) is 11.4 Å². The van der Waals surface area contributed by atoms with Crippen LogP contribution in [0.25, 0.3) is 11.4 Å². The van der Waals surface area contributed by atoms with E-state index < -0.39 is 5.97 Å². The van der Waals surface area contributed by atoms with Gasteiger partial charge in [-0.05, 0) is 13.8 Å². The first kappa shape index (κ1) is 15.2. The lowest BCUT2D eigenvalue weighted by Crippen LogP contribution is -2.15. The average Bonchev–Trinajstić information content (AvgIpc) is 3.04. The molecular formula is C13H19N5O3. The van der Waals surface area contributed by atoms with Gasteiger partial charge in [0, 0.05) is 14.2 Å². The van der Waals surface area contributed by atoms with E-state index >= 15 is 0 Å². The van der Waals surface area contributed by atoms with E-state index in [-0.39, 0.29) is 18.3 Å². The number of aryl methyl sites for hydroxylation is 1. The second-order valence-corrected chi connectivity index (χ2v) is 4.65. The van der Waals surface area contributed by atoms with Gasteiger partial charge in [0.2, 0.25) is 0 Å². The third kappa shape index (κ3) is 2.94. The highest BCUT2D eigenvalue weighted by Crippen LogP contribution is 2.25. The molecule has 1 unspecified atom stereocenters. The number of esters is 1. The molecule has 1 atom stereocenters. The Morgan fingerprint density at radius 1 is 1.48 bits per heavy atom. The van der Waals surface area contributed by atoms with Crippen molar-refractivity contribution in [2.45, 2.75) is 19.9 Å². The van der Waals surface area contributed by atoms with E-state index in [1.54, 1.807) is 35.8 Å². The third-order valence-corrected chi connectivity index (χ3v) is 3.05. The Kier molecular flexibility index (Phi) is 4.69. The largest absolute Gasteiger partial charge is 0.461 e. The highest BCUT2D eigenvalue weighted by molar-refractivity contribution is 5.93. The quantitative estimate of drug-likeness (QED) is 0.741. The molecule has 0 spiro atoms. The van der Waals surface area contributed by atoms with Gasteiger partial charge in [0.1, 0.15) is 5.69 Å². The Bertz CT molecular complexity index is 619. The smallest absolute Gasteiger partial charge is 0.361 e. The molecule has 2 aromatic heterocycles. The van der Waals surface area contributed by atoms with Crippen LogP contribution in [0.1, 0.15) is 30.4 Å². The Labute approximate surface area is 122 Å². The minimum atomic E-state index is -0.496. The molecule has 2 aromatic rings. The maximum absolute atomic E-state index is 12.1. The summed E-state index contributed by atoms with van der Waals surface area (Å²) in [5.41, 5.74) is 1.51. The maximum Gasteiger partial charge on any atom is 0.361 e. The number of hydrogen-bond acceptors (Lipinski definition) is 6. The predicted octanol–water partition coefficient (Wildman–Crippen LogP) is 1.06. The van der Waals surface area contributed by atoms with Crippen LogP contribution in [0.4, 0.5) is 0 Å². The molecule has 21 heavy (non-hydrogen) atoms. The summed E-state index contributed by atoms with van der Waals surface area (Å²) >= 11 is 0. The Balaban J connectivity index is 2.53. The van der Waals surface area contributed by atoms with Gasteiger partial charge < -0.3 is 14.0 Å². The van der Waals surface area contributed by atoms with E-state index in [4.69, 9.17) is 9.47 Å². The van der Waals surface area contributed by atoms with E-state index in [0.29, 0.717) is 12.3 Å². The van der Waals surface area contributed by atoms with Gasteiger partial charge in [0.15, 0.2) is 5.69 Å². The molecule has 0 N–H and O–H groups in total. The van der Waals surface area contributed by atoms with E-state index in [2.05, 4.69) is 15.3 Å². The number of hydrogen-bond donors (Lipinski definition) is 0. The molecule has 0 aliphatic heterocycles. The summed E-state index contributed by atoms with van der Waals surface area (Å²) in [5, 5.41) is 8.06. The topological polar surface area (TPSA) is 84.1 Å². The summed E-state index contributed by atoms with van der Waals surface area (Å²) < 4.78 is 13.7. The van der Waals surface area contributed by atoms with Crippen molar-refractivity contribution in [3.05, 3.63) is 18.2 Å². The number of imidazole rings is 1. The predicted molar refractivity (Wildman–Crippen MR) is 74.8 cm³/mol. The van der Waals surface area contributed by atoms with Crippen molar-refractivity contribution in [1.29, 1.82) is 0 Å². The van der Waals surface area contributed by atoms with Gasteiger partial charge in [-0.2, -0.15) is 0 Å². The van der Waals surface area contributed by atoms with Crippen molar-refractivity contribution in [3.63, 3.8) is 0 Å². The SMILES string of the molecule is CCOC(=O)c1nnn(C(C)COC)c1-c1cncn1C. The third-order valence-electron chi connectivity index (χ3n) is 3.05. The fourth-order valence-electron chi connectivity index (χ4n) is 2.07. The van der Waals surface area contributed by atoms with Crippen LogP contribution in [0.5, 0.6) is 0 Å². The first-order valence-electron chi connectivity index (χ1n) is 6.68. The van der Waals surface area contributed by atoms with Crippen LogP contribution in [-0.4, -0.2) is 50.8 Å². The summed E-state index contributed by atoms with van der Waals surface area (Å²) in [6.07, 6.45) is 3.32. The lowest BCUT2D eigenvalue weighted by atomic mass is 10.2. The molecule has 0 saturated carbocycles. The Hall–Kier alpha value is -2.22. The van der Waals surface area contributed by atoms with Crippen molar-refractivity contribution < 1.29 is 14.3 Å². The van der Waals surface area contributed by atoms with Crippen LogP contribution < -0.4 is 0 Å². The summed E-state index contributed by atoms with van der Waals surface area (Å²) in [7, 11) is 3.46. The molecule has 2 heterocycles. The highest BCUT2D eigenvalue weighted by Gasteiger charge is 2.26. The summed E-state index contributed by atoms with van der Waals surface area (Å²) in [5.74, 6) is -0.496. The average molecular weight is 293 g/mol. The zero-order valence-corrected chi connectivity index (χ0v) is 12.6. The number of carbonyl (C=O) groups excluding carboxylic acids is 1. The van der Waals surface area contributed by atoms with Gasteiger partial charge in [0.25, 0.3) is 0 Å². The van der Waals surface area contributed by atoms with E-state index in [1.807, 2.05) is 14.0 Å². The number of aromatic nitrogens is 5. The molecule has 2 rings (SSSR count). The van der Waals surface area contributed by atoms with Gasteiger partial charge in [-0.1, -0.05) is 5.21 Å². The molecule has 0 aliphatic rings. The van der Waals surface area contributed by atoms with Crippen molar-refractivity contribution in [2.24, 2.45) is 7.05 Å². The molecular weight excluding hydrogens is 274 g/mol. The molecule has 8 heteroatoms. The van der Waals surface area contributed by atoms with Crippen LogP contribution >= 0.6 is 0 Å². The highest BCUT2D eigenvalue weighted by atomic mass is 16.5. The van der Waals surface area contributed by atoms with Crippen molar-refractivity contribution in [1.82, 2.24) is 24.5 Å². The van der Waals surface area contributed by atoms with E-state index in [9.17, 15) is 4.79 Å². The minimum absolute atomic E-state index is 0.0735. The molecule has 0 radical (unpaired) electrons. The minimum Gasteiger partial charge on any atom is -0.461 e. The van der Waals surface area contributed by atoms with Gasteiger partial charge >= 0.3 is 5.97 Å². The summed E-state index contributed by atoms with van der Waals surface area (Å²) in [6, 6.07) is -0.0735. The van der Waals surface area contributed by atoms with Crippen LogP contribution in [0.2, 0.25) is 0 Å². The number of nitrogens with zero attached hydrogens (tertiary/aromatic N) is 5. The first-order chi connectivity index (χ1) is 10.1. The molecule has 0 amide bonds. The number of rotatable bonds is 6. The molecule has 0 aliphatic carbocycles. The number of methoxy groups -OCH3 is 1. The van der Waals surface area contributed by atoms with Crippen LogP contribution in [-0.2, 0) is 16.5 Å². The molecule has 114 valence electrons. The van der Waals surface area contributed by atoms with Crippen LogP contribution in [0.3, 0.4) is 0 Å². The summed E-state index contributed by atoms with van der Waals surface area (Å²) in [4.78, 5) is 16.1. The van der Waals surface area contributed by atoms with Crippen LogP contribution in [0.15, 0.2) is 12.5 Å². The number of ether oxygens (including phenoxy) is 2. The zero-order chi connectivity index (χ0) is 15.4. The number of carbonyl (C=O) groups is 1. The standard InChI is InChI=1S/C13H19N5O3/c1-5-21-13(19)11-12(10-6-14-8-17(10)3)18(16-15-11)9(2)7-20-4/h6,8-9H,5,7H2,1-4H3. The molecule has 0 saturated heterocycles. The first-order valence-corrected chi connectivity index (χ1v) is 6.68. The lowest BCUT2D eigenvalue weighted by Gasteiger charge is -2.14. The van der Waals surface area contributed by atoms with E-state index in [1.165, 1.54) is 0 Å². The fraction of sp³-hybridized carbons (Fsp3) is 0.538. The van der Waals surface area contributed by atoms with Crippen molar-refractivity contribution >= 4 is 5.97 Å². The van der Waals surface area contributed by atoms with Gasteiger partial charge in [-0.25, -0.2) is 14.5 Å². The molecule has 0 fully saturated rings. The fourth-order valence-corrected chi connectivity index (χ4v) is 2.07. The molecule has 8 nitrogen and oxygen atoms in total. The second-order valence-electron chi connectivity index (χ2n) is 4.65. The van der Waals surface area contributed by atoms with Crippen LogP contribution in [0, 0.1) is 0 Å². The van der Waals surface area contributed by atoms with Gasteiger partial charge in [-0.3, -0.25) is 0 Å². The summed E-state index contributed by atoms with van der Waals surface area (Å²) in [6.45, 7) is 4.42. The lowest BCUT2D eigenvalue weighted by molar-refractivity contribution is 0.0520. The van der Waals surface area contributed by atoms with Crippen molar-refractivity contribution in [2.75, 3.05) is 20.3 Å². The Morgan fingerprint density at radius 2 is 2.24 bits per heavy atom. The van der Waals surface area contributed by atoms with E-state index in [0.717, 1.165) is 5.69 Å². The normalized spacial score (nSPS) is 12.4. The molecule has 0 aromatic carbocycles. The second kappa shape index (κ2) is 6.49. The maximum atomic E-state index is 12.1. The monoisotopic (exact) mass is 293 g/mol. The van der Waals surface area contributed by atoms with Gasteiger partial charge in [-0.15, -0.1) is 5.10 Å². The molecule has 0 bridgehead atoms.